The van der Waals surface area contributed by atoms with Crippen molar-refractivity contribution in [1.29, 1.82) is 0 Å². The van der Waals surface area contributed by atoms with Crippen LogP contribution in [0.4, 0.5) is 5.95 Å². The summed E-state index contributed by atoms with van der Waals surface area (Å²) in [6, 6.07) is 4.18. The minimum absolute atomic E-state index is 0.286. The van der Waals surface area contributed by atoms with E-state index in [0.29, 0.717) is 17.3 Å². The maximum atomic E-state index is 5.24. The zero-order valence-electron chi connectivity index (χ0n) is 10.4. The smallest absolute Gasteiger partial charge is 0.227 e. The Morgan fingerprint density at radius 3 is 2.89 bits per heavy atom. The second-order valence-electron chi connectivity index (χ2n) is 4.25. The number of aromatic nitrogens is 4. The molecule has 0 fully saturated rings. The Hall–Kier alpha value is -1.82. The van der Waals surface area contributed by atoms with E-state index in [0.717, 1.165) is 5.56 Å². The lowest BCUT2D eigenvalue weighted by molar-refractivity contribution is 0.717. The standard InChI is InChI=1S/C12H15N5S/c1-9(2)15-11-14-8-17(12(18)16-11)7-10-4-3-5-13-6-10/h3-6,8-9H,7H2,1-2H3,(H,15,16,18). The first-order chi connectivity index (χ1) is 8.65. The minimum Gasteiger partial charge on any atom is -0.352 e. The Balaban J connectivity index is 2.18. The molecule has 18 heavy (non-hydrogen) atoms. The number of nitrogens with one attached hydrogen (secondary N) is 1. The summed E-state index contributed by atoms with van der Waals surface area (Å²) in [5, 5.41) is 3.12. The van der Waals surface area contributed by atoms with E-state index >= 15 is 0 Å². The molecule has 1 N–H and O–H groups in total. The van der Waals surface area contributed by atoms with E-state index in [-0.39, 0.29) is 6.04 Å². The van der Waals surface area contributed by atoms with Gasteiger partial charge in [0.2, 0.25) is 10.7 Å². The Morgan fingerprint density at radius 1 is 1.44 bits per heavy atom. The van der Waals surface area contributed by atoms with Crippen LogP contribution in [-0.4, -0.2) is 25.6 Å². The average Bonchev–Trinajstić information content (AvgIpc) is 2.33. The summed E-state index contributed by atoms with van der Waals surface area (Å²) < 4.78 is 2.33. The fraction of sp³-hybridized carbons (Fsp3) is 0.333. The van der Waals surface area contributed by atoms with Crippen LogP contribution < -0.4 is 5.32 Å². The van der Waals surface area contributed by atoms with Gasteiger partial charge in [0.25, 0.3) is 0 Å². The van der Waals surface area contributed by atoms with Crippen molar-refractivity contribution in [3.8, 4) is 0 Å². The lowest BCUT2D eigenvalue weighted by atomic mass is 10.3. The molecule has 0 saturated carbocycles. The number of pyridine rings is 1. The van der Waals surface area contributed by atoms with E-state index in [9.17, 15) is 0 Å². The van der Waals surface area contributed by atoms with Crippen LogP contribution in [0.1, 0.15) is 19.4 Å². The van der Waals surface area contributed by atoms with Crippen molar-refractivity contribution in [1.82, 2.24) is 19.5 Å². The molecule has 5 nitrogen and oxygen atoms in total. The van der Waals surface area contributed by atoms with Gasteiger partial charge < -0.3 is 9.88 Å². The van der Waals surface area contributed by atoms with Crippen LogP contribution in [0.5, 0.6) is 0 Å². The van der Waals surface area contributed by atoms with Crippen LogP contribution in [0.15, 0.2) is 30.9 Å². The molecule has 2 aromatic rings. The first kappa shape index (κ1) is 12.6. The second kappa shape index (κ2) is 5.68. The molecule has 0 unspecified atom stereocenters. The summed E-state index contributed by atoms with van der Waals surface area (Å²) in [5.41, 5.74) is 1.07. The topological polar surface area (TPSA) is 55.6 Å². The number of rotatable bonds is 4. The van der Waals surface area contributed by atoms with E-state index in [1.165, 1.54) is 0 Å². The Morgan fingerprint density at radius 2 is 2.28 bits per heavy atom. The lowest BCUT2D eigenvalue weighted by Gasteiger charge is -2.10. The van der Waals surface area contributed by atoms with E-state index < -0.39 is 0 Å². The van der Waals surface area contributed by atoms with E-state index in [2.05, 4.69) is 20.3 Å². The highest BCUT2D eigenvalue weighted by atomic mass is 32.1. The van der Waals surface area contributed by atoms with Crippen molar-refractivity contribution in [2.45, 2.75) is 26.4 Å². The van der Waals surface area contributed by atoms with Gasteiger partial charge in [0, 0.05) is 18.4 Å². The van der Waals surface area contributed by atoms with Crippen molar-refractivity contribution in [3.05, 3.63) is 41.2 Å². The summed E-state index contributed by atoms with van der Waals surface area (Å²) in [4.78, 5) is 12.5. The molecule has 0 amide bonds. The van der Waals surface area contributed by atoms with Gasteiger partial charge in [-0.05, 0) is 37.7 Å². The molecular formula is C12H15N5S. The zero-order valence-corrected chi connectivity index (χ0v) is 11.2. The lowest BCUT2D eigenvalue weighted by Crippen LogP contribution is -2.14. The van der Waals surface area contributed by atoms with Crippen molar-refractivity contribution >= 4 is 18.2 Å². The summed E-state index contributed by atoms with van der Waals surface area (Å²) >= 11 is 5.24. The van der Waals surface area contributed by atoms with Crippen LogP contribution >= 0.6 is 12.2 Å². The summed E-state index contributed by atoms with van der Waals surface area (Å²) in [6.07, 6.45) is 5.25. The second-order valence-corrected chi connectivity index (χ2v) is 4.62. The van der Waals surface area contributed by atoms with Gasteiger partial charge in [-0.25, -0.2) is 4.98 Å². The van der Waals surface area contributed by atoms with Crippen molar-refractivity contribution in [2.24, 2.45) is 0 Å². The van der Waals surface area contributed by atoms with Crippen LogP contribution in [-0.2, 0) is 6.54 Å². The third-order valence-corrected chi connectivity index (χ3v) is 2.59. The van der Waals surface area contributed by atoms with Gasteiger partial charge in [0.05, 0.1) is 6.54 Å². The Labute approximate surface area is 111 Å². The molecule has 0 aliphatic carbocycles. The van der Waals surface area contributed by atoms with Crippen LogP contribution in [0.25, 0.3) is 0 Å². The largest absolute Gasteiger partial charge is 0.352 e. The van der Waals surface area contributed by atoms with Crippen LogP contribution in [0.3, 0.4) is 0 Å². The number of hydrogen-bond acceptors (Lipinski definition) is 5. The highest BCUT2D eigenvalue weighted by molar-refractivity contribution is 7.71. The summed E-state index contributed by atoms with van der Waals surface area (Å²) in [6.45, 7) is 4.70. The highest BCUT2D eigenvalue weighted by Gasteiger charge is 2.01. The molecule has 2 heterocycles. The van der Waals surface area contributed by atoms with Crippen molar-refractivity contribution < 1.29 is 0 Å². The molecule has 0 aliphatic rings. The molecule has 6 heteroatoms. The molecular weight excluding hydrogens is 246 g/mol. The van der Waals surface area contributed by atoms with Crippen molar-refractivity contribution in [2.75, 3.05) is 5.32 Å². The first-order valence-corrected chi connectivity index (χ1v) is 6.15. The first-order valence-electron chi connectivity index (χ1n) is 5.74. The van der Waals surface area contributed by atoms with Gasteiger partial charge in [0.1, 0.15) is 6.33 Å². The van der Waals surface area contributed by atoms with Gasteiger partial charge in [-0.2, -0.15) is 4.98 Å². The predicted octanol–water partition coefficient (Wildman–Crippen LogP) is 2.27. The van der Waals surface area contributed by atoms with E-state index in [1.54, 1.807) is 12.5 Å². The van der Waals surface area contributed by atoms with Gasteiger partial charge >= 0.3 is 0 Å². The molecule has 2 rings (SSSR count). The van der Waals surface area contributed by atoms with Gasteiger partial charge in [-0.15, -0.1) is 0 Å². The fourth-order valence-corrected chi connectivity index (χ4v) is 1.68. The summed E-state index contributed by atoms with van der Waals surface area (Å²) in [7, 11) is 0. The number of anilines is 1. The van der Waals surface area contributed by atoms with Gasteiger partial charge in [-0.1, -0.05) is 6.07 Å². The number of hydrogen-bond donors (Lipinski definition) is 1. The Kier molecular flexibility index (Phi) is 3.99. The number of nitrogens with zero attached hydrogens (tertiary/aromatic N) is 4. The molecule has 0 bridgehead atoms. The third-order valence-electron chi connectivity index (χ3n) is 2.26. The zero-order chi connectivity index (χ0) is 13.0. The van der Waals surface area contributed by atoms with E-state index in [1.807, 2.05) is 36.7 Å². The van der Waals surface area contributed by atoms with Crippen LogP contribution in [0, 0.1) is 4.77 Å². The summed E-state index contributed by atoms with van der Waals surface area (Å²) in [5.74, 6) is 0.567. The molecule has 0 aliphatic heterocycles. The molecule has 0 aromatic carbocycles. The molecule has 0 atom stereocenters. The third kappa shape index (κ3) is 3.33. The average molecular weight is 261 g/mol. The monoisotopic (exact) mass is 261 g/mol. The van der Waals surface area contributed by atoms with Crippen molar-refractivity contribution in [3.63, 3.8) is 0 Å². The van der Waals surface area contributed by atoms with E-state index in [4.69, 9.17) is 12.2 Å². The SMILES string of the molecule is CC(C)Nc1ncn(Cc2cccnc2)c(=S)n1. The molecule has 0 radical (unpaired) electrons. The quantitative estimate of drug-likeness (QED) is 0.856. The maximum absolute atomic E-state index is 5.24. The molecule has 0 saturated heterocycles. The molecule has 2 aromatic heterocycles. The molecule has 0 spiro atoms. The molecule has 94 valence electrons. The van der Waals surface area contributed by atoms with Gasteiger partial charge in [-0.3, -0.25) is 4.98 Å². The Bertz CT molecular complexity index is 564. The normalized spacial score (nSPS) is 10.6. The van der Waals surface area contributed by atoms with Gasteiger partial charge in [0.15, 0.2) is 0 Å². The van der Waals surface area contributed by atoms with Crippen LogP contribution in [0.2, 0.25) is 0 Å². The fourth-order valence-electron chi connectivity index (χ4n) is 1.48. The maximum Gasteiger partial charge on any atom is 0.227 e. The minimum atomic E-state index is 0.286. The highest BCUT2D eigenvalue weighted by Crippen LogP contribution is 2.03. The predicted molar refractivity (Wildman–Crippen MR) is 73.0 cm³/mol.